The molecule has 2 unspecified atom stereocenters. The Hall–Kier alpha value is -1.72. The number of likely N-dealkylation sites (tertiary alicyclic amines) is 1. The van der Waals surface area contributed by atoms with E-state index in [1.807, 2.05) is 4.68 Å². The number of nitrogens with zero attached hydrogens (tertiary/aromatic N) is 5. The summed E-state index contributed by atoms with van der Waals surface area (Å²) in [4.78, 5) is 9.08. The van der Waals surface area contributed by atoms with Crippen molar-refractivity contribution in [2.24, 2.45) is 5.92 Å². The van der Waals surface area contributed by atoms with E-state index < -0.39 is 0 Å². The highest BCUT2D eigenvalue weighted by molar-refractivity contribution is 5.14. The molecule has 0 bridgehead atoms. The Balaban J connectivity index is 1.48. The molecule has 1 aliphatic heterocycles. The van der Waals surface area contributed by atoms with Gasteiger partial charge in [-0.25, -0.2) is 4.98 Å². The molecule has 0 saturated carbocycles. The molecule has 2 heterocycles. The molecule has 3 rings (SSSR count). The van der Waals surface area contributed by atoms with Crippen molar-refractivity contribution in [2.45, 2.75) is 32.5 Å². The topological polar surface area (TPSA) is 37.2 Å². The first kappa shape index (κ1) is 16.1. The number of likely N-dealkylation sites (N-methyl/N-ethyl adjacent to an activating group) is 1. The fraction of sp³-hybridized carbons (Fsp3) is 0.556. The number of benzene rings is 1. The molecule has 0 spiro atoms. The quantitative estimate of drug-likeness (QED) is 0.819. The fourth-order valence-electron chi connectivity index (χ4n) is 3.63. The summed E-state index contributed by atoms with van der Waals surface area (Å²) in [5.74, 6) is 0.688. The van der Waals surface area contributed by atoms with Crippen LogP contribution in [0.4, 0.5) is 0 Å². The van der Waals surface area contributed by atoms with Crippen molar-refractivity contribution >= 4 is 0 Å². The van der Waals surface area contributed by atoms with Gasteiger partial charge in [0.25, 0.3) is 0 Å². The van der Waals surface area contributed by atoms with Crippen molar-refractivity contribution in [1.29, 1.82) is 0 Å². The van der Waals surface area contributed by atoms with Crippen LogP contribution in [0.2, 0.25) is 0 Å². The molecule has 23 heavy (non-hydrogen) atoms. The van der Waals surface area contributed by atoms with E-state index in [4.69, 9.17) is 0 Å². The van der Waals surface area contributed by atoms with E-state index in [2.05, 4.69) is 64.2 Å². The average Bonchev–Trinajstić information content (AvgIpc) is 3.07. The van der Waals surface area contributed by atoms with Gasteiger partial charge in [0.1, 0.15) is 12.7 Å². The van der Waals surface area contributed by atoms with E-state index in [0.29, 0.717) is 12.0 Å². The van der Waals surface area contributed by atoms with Crippen LogP contribution in [0.5, 0.6) is 0 Å². The summed E-state index contributed by atoms with van der Waals surface area (Å²) in [7, 11) is 2.24. The Morgan fingerprint density at radius 2 is 2.09 bits per heavy atom. The van der Waals surface area contributed by atoms with Crippen LogP contribution in [0.3, 0.4) is 0 Å². The molecule has 0 aliphatic carbocycles. The van der Waals surface area contributed by atoms with Crippen LogP contribution in [0.15, 0.2) is 43.0 Å². The van der Waals surface area contributed by atoms with Crippen molar-refractivity contribution in [1.82, 2.24) is 24.6 Å². The molecule has 1 aromatic heterocycles. The van der Waals surface area contributed by atoms with Gasteiger partial charge in [-0.15, -0.1) is 0 Å². The highest BCUT2D eigenvalue weighted by Crippen LogP contribution is 2.22. The average molecular weight is 313 g/mol. The first-order valence-corrected chi connectivity index (χ1v) is 8.51. The Kier molecular flexibility index (Phi) is 5.41. The predicted molar refractivity (Wildman–Crippen MR) is 91.9 cm³/mol. The maximum atomic E-state index is 4.18. The van der Waals surface area contributed by atoms with E-state index in [-0.39, 0.29) is 0 Å². The normalized spacial score (nSPS) is 22.6. The summed E-state index contributed by atoms with van der Waals surface area (Å²) >= 11 is 0. The molecule has 5 heteroatoms. The van der Waals surface area contributed by atoms with Crippen LogP contribution in [0, 0.1) is 5.92 Å². The summed E-state index contributed by atoms with van der Waals surface area (Å²) in [5.41, 5.74) is 1.41. The number of hydrogen-bond donors (Lipinski definition) is 0. The second kappa shape index (κ2) is 7.70. The maximum absolute atomic E-state index is 4.18. The fourth-order valence-corrected chi connectivity index (χ4v) is 3.63. The summed E-state index contributed by atoms with van der Waals surface area (Å²) < 4.78 is 1.91. The minimum Gasteiger partial charge on any atom is -0.301 e. The van der Waals surface area contributed by atoms with E-state index in [0.717, 1.165) is 19.6 Å². The van der Waals surface area contributed by atoms with Crippen molar-refractivity contribution in [3.05, 3.63) is 48.5 Å². The van der Waals surface area contributed by atoms with Gasteiger partial charge in [-0.2, -0.15) is 5.10 Å². The van der Waals surface area contributed by atoms with Gasteiger partial charge < -0.3 is 4.90 Å². The lowest BCUT2D eigenvalue weighted by molar-refractivity contribution is 0.0734. The molecule has 124 valence electrons. The zero-order valence-electron chi connectivity index (χ0n) is 14.2. The molecule has 0 radical (unpaired) electrons. The number of rotatable bonds is 6. The van der Waals surface area contributed by atoms with E-state index in [1.54, 1.807) is 12.7 Å². The summed E-state index contributed by atoms with van der Waals surface area (Å²) in [5, 5.41) is 4.18. The zero-order chi connectivity index (χ0) is 16.1. The van der Waals surface area contributed by atoms with Gasteiger partial charge in [0.2, 0.25) is 0 Å². The second-order valence-electron chi connectivity index (χ2n) is 6.69. The molecule has 2 atom stereocenters. The SMILES string of the molecule is CC1CN(Cc2ccccc2)CCC1N(C)CCn1cncn1. The monoisotopic (exact) mass is 313 g/mol. The second-order valence-corrected chi connectivity index (χ2v) is 6.69. The van der Waals surface area contributed by atoms with Gasteiger partial charge in [-0.1, -0.05) is 37.3 Å². The van der Waals surface area contributed by atoms with Crippen LogP contribution in [0.1, 0.15) is 18.9 Å². The minimum absolute atomic E-state index is 0.658. The smallest absolute Gasteiger partial charge is 0.137 e. The summed E-state index contributed by atoms with van der Waals surface area (Å²) in [6.07, 6.45) is 4.63. The Bertz CT molecular complexity index is 568. The Labute approximate surface area is 138 Å². The summed E-state index contributed by atoms with van der Waals surface area (Å²) in [6.45, 7) is 7.74. The molecule has 0 amide bonds. The number of hydrogen-bond acceptors (Lipinski definition) is 4. The van der Waals surface area contributed by atoms with Gasteiger partial charge in [-0.3, -0.25) is 9.58 Å². The molecule has 1 aliphatic rings. The van der Waals surface area contributed by atoms with Gasteiger partial charge >= 0.3 is 0 Å². The van der Waals surface area contributed by atoms with Crippen molar-refractivity contribution in [2.75, 3.05) is 26.7 Å². The Morgan fingerprint density at radius 3 is 2.78 bits per heavy atom. The van der Waals surface area contributed by atoms with Crippen molar-refractivity contribution in [3.63, 3.8) is 0 Å². The van der Waals surface area contributed by atoms with Crippen molar-refractivity contribution in [3.8, 4) is 0 Å². The molecular weight excluding hydrogens is 286 g/mol. The lowest BCUT2D eigenvalue weighted by Gasteiger charge is -2.41. The Morgan fingerprint density at radius 1 is 1.26 bits per heavy atom. The van der Waals surface area contributed by atoms with Crippen LogP contribution in [-0.4, -0.2) is 57.3 Å². The third kappa shape index (κ3) is 4.39. The summed E-state index contributed by atoms with van der Waals surface area (Å²) in [6, 6.07) is 11.4. The molecule has 5 nitrogen and oxygen atoms in total. The highest BCUT2D eigenvalue weighted by Gasteiger charge is 2.28. The first-order chi connectivity index (χ1) is 11.2. The van der Waals surface area contributed by atoms with Crippen molar-refractivity contribution < 1.29 is 0 Å². The standard InChI is InChI=1S/C18H27N5/c1-16-12-22(13-17-6-4-3-5-7-17)9-8-18(16)21(2)10-11-23-15-19-14-20-23/h3-7,14-16,18H,8-13H2,1-2H3. The van der Waals surface area contributed by atoms with Gasteiger partial charge in [0, 0.05) is 25.7 Å². The minimum atomic E-state index is 0.658. The molecule has 0 N–H and O–H groups in total. The van der Waals surface area contributed by atoms with E-state index in [1.165, 1.54) is 25.1 Å². The highest BCUT2D eigenvalue weighted by atomic mass is 15.3. The number of piperidine rings is 1. The van der Waals surface area contributed by atoms with Crippen LogP contribution in [0.25, 0.3) is 0 Å². The molecule has 1 saturated heterocycles. The van der Waals surface area contributed by atoms with Gasteiger partial charge in [0.15, 0.2) is 0 Å². The van der Waals surface area contributed by atoms with E-state index >= 15 is 0 Å². The van der Waals surface area contributed by atoms with Gasteiger partial charge in [-0.05, 0) is 31.5 Å². The van der Waals surface area contributed by atoms with Crippen LogP contribution < -0.4 is 0 Å². The largest absolute Gasteiger partial charge is 0.301 e. The molecule has 1 aromatic carbocycles. The molecule has 1 fully saturated rings. The predicted octanol–water partition coefficient (Wildman–Crippen LogP) is 2.12. The maximum Gasteiger partial charge on any atom is 0.137 e. The van der Waals surface area contributed by atoms with Gasteiger partial charge in [0.05, 0.1) is 6.54 Å². The lowest BCUT2D eigenvalue weighted by atomic mass is 9.92. The molecular formula is C18H27N5. The van der Waals surface area contributed by atoms with Crippen LogP contribution in [-0.2, 0) is 13.1 Å². The number of aromatic nitrogens is 3. The third-order valence-electron chi connectivity index (χ3n) is 4.91. The third-order valence-corrected chi connectivity index (χ3v) is 4.91. The lowest BCUT2D eigenvalue weighted by Crippen LogP contribution is -2.49. The molecule has 2 aromatic rings. The van der Waals surface area contributed by atoms with E-state index in [9.17, 15) is 0 Å². The zero-order valence-corrected chi connectivity index (χ0v) is 14.2. The van der Waals surface area contributed by atoms with Crippen LogP contribution >= 0.6 is 0 Å². The first-order valence-electron chi connectivity index (χ1n) is 8.51.